The molecule has 0 unspecified atom stereocenters. The van der Waals surface area contributed by atoms with E-state index in [9.17, 15) is 9.59 Å². The van der Waals surface area contributed by atoms with Crippen LogP contribution >= 0.6 is 0 Å². The Morgan fingerprint density at radius 1 is 1.32 bits per heavy atom. The van der Waals surface area contributed by atoms with E-state index in [1.54, 1.807) is 31.3 Å². The predicted molar refractivity (Wildman–Crippen MR) is 75.0 cm³/mol. The number of nitrogens with zero attached hydrogens (tertiary/aromatic N) is 4. The Morgan fingerprint density at radius 3 is 2.64 bits per heavy atom. The molecule has 0 radical (unpaired) electrons. The van der Waals surface area contributed by atoms with Gasteiger partial charge in [0.2, 0.25) is 5.82 Å². The average Bonchev–Trinajstić information content (AvgIpc) is 2.92. The number of rotatable bonds is 7. The van der Waals surface area contributed by atoms with Crippen LogP contribution in [0.2, 0.25) is 0 Å². The van der Waals surface area contributed by atoms with Crippen molar-refractivity contribution >= 4 is 11.9 Å². The number of tetrazole rings is 1. The summed E-state index contributed by atoms with van der Waals surface area (Å²) >= 11 is 0. The Bertz CT molecular complexity index is 653. The van der Waals surface area contributed by atoms with Gasteiger partial charge in [0.05, 0.1) is 13.5 Å². The zero-order chi connectivity index (χ0) is 15.9. The smallest absolute Gasteiger partial charge is 0.305 e. The second-order valence-corrected chi connectivity index (χ2v) is 4.41. The lowest BCUT2D eigenvalue weighted by Gasteiger charge is -2.07. The minimum atomic E-state index is -0.963. The van der Waals surface area contributed by atoms with E-state index >= 15 is 0 Å². The van der Waals surface area contributed by atoms with Crippen molar-refractivity contribution < 1.29 is 19.4 Å². The van der Waals surface area contributed by atoms with Gasteiger partial charge in [-0.3, -0.25) is 9.59 Å². The van der Waals surface area contributed by atoms with Gasteiger partial charge in [-0.15, -0.1) is 10.2 Å². The fourth-order valence-electron chi connectivity index (χ4n) is 1.61. The van der Waals surface area contributed by atoms with Crippen molar-refractivity contribution in [1.82, 2.24) is 25.5 Å². The third-order valence-electron chi connectivity index (χ3n) is 2.65. The number of carboxylic acid groups (broad SMARTS) is 1. The maximum Gasteiger partial charge on any atom is 0.305 e. The number of amides is 1. The third-order valence-corrected chi connectivity index (χ3v) is 2.65. The summed E-state index contributed by atoms with van der Waals surface area (Å²) in [5.41, 5.74) is 0.784. The number of aryl methyl sites for hydroxylation is 1. The Hall–Kier alpha value is -2.97. The molecule has 116 valence electrons. The summed E-state index contributed by atoms with van der Waals surface area (Å²) in [7, 11) is 1.68. The molecule has 0 saturated carbocycles. The van der Waals surface area contributed by atoms with E-state index in [1.807, 2.05) is 0 Å². The molecule has 9 nitrogen and oxygen atoms in total. The molecule has 0 bridgehead atoms. The average molecular weight is 305 g/mol. The summed E-state index contributed by atoms with van der Waals surface area (Å²) < 4.78 is 5.30. The molecule has 1 heterocycles. The highest BCUT2D eigenvalue weighted by Crippen LogP contribution is 2.18. The highest BCUT2D eigenvalue weighted by Gasteiger charge is 2.06. The van der Waals surface area contributed by atoms with Crippen LogP contribution in [0.5, 0.6) is 5.75 Å². The van der Waals surface area contributed by atoms with E-state index in [-0.39, 0.29) is 25.5 Å². The van der Waals surface area contributed by atoms with Crippen LogP contribution in [-0.4, -0.2) is 50.3 Å². The molecule has 0 aliphatic heterocycles. The molecule has 2 rings (SSSR count). The van der Waals surface area contributed by atoms with Gasteiger partial charge in [0.1, 0.15) is 5.75 Å². The van der Waals surface area contributed by atoms with Crippen molar-refractivity contribution in [2.45, 2.75) is 6.42 Å². The third kappa shape index (κ3) is 4.54. The van der Waals surface area contributed by atoms with Gasteiger partial charge in [0.25, 0.3) is 5.91 Å². The first-order valence-electron chi connectivity index (χ1n) is 6.50. The van der Waals surface area contributed by atoms with Crippen LogP contribution in [0.3, 0.4) is 0 Å². The van der Waals surface area contributed by atoms with E-state index in [0.29, 0.717) is 11.6 Å². The molecule has 1 aromatic heterocycles. The minimum absolute atomic E-state index is 0.0782. The maximum atomic E-state index is 11.4. The zero-order valence-corrected chi connectivity index (χ0v) is 11.9. The highest BCUT2D eigenvalue weighted by molar-refractivity contribution is 5.78. The van der Waals surface area contributed by atoms with Crippen LogP contribution in [0.1, 0.15) is 6.42 Å². The number of aliphatic carboxylic acids is 1. The number of ether oxygens (including phenoxy) is 1. The summed E-state index contributed by atoms with van der Waals surface area (Å²) in [5.74, 6) is -0.322. The normalized spacial score (nSPS) is 10.2. The van der Waals surface area contributed by atoms with Gasteiger partial charge in [0, 0.05) is 12.1 Å². The predicted octanol–water partition coefficient (Wildman–Crippen LogP) is -0.153. The van der Waals surface area contributed by atoms with E-state index in [4.69, 9.17) is 9.84 Å². The van der Waals surface area contributed by atoms with Gasteiger partial charge < -0.3 is 15.2 Å². The van der Waals surface area contributed by atoms with Crippen LogP contribution in [-0.2, 0) is 16.6 Å². The lowest BCUT2D eigenvalue weighted by molar-refractivity contribution is -0.137. The second kappa shape index (κ2) is 7.16. The SMILES string of the molecule is Cn1nnc(-c2ccc(OCC(=O)NCCC(=O)O)cc2)n1. The zero-order valence-electron chi connectivity index (χ0n) is 11.9. The monoisotopic (exact) mass is 305 g/mol. The molecule has 0 fully saturated rings. The number of carbonyl (C=O) groups excluding carboxylic acids is 1. The number of nitrogens with one attached hydrogen (secondary N) is 1. The molecular weight excluding hydrogens is 290 g/mol. The first-order valence-corrected chi connectivity index (χ1v) is 6.50. The van der Waals surface area contributed by atoms with Gasteiger partial charge in [-0.25, -0.2) is 0 Å². The first kappa shape index (κ1) is 15.4. The summed E-state index contributed by atoms with van der Waals surface area (Å²) in [6.07, 6.45) is -0.119. The molecule has 2 N–H and O–H groups in total. The van der Waals surface area contributed by atoms with Crippen LogP contribution < -0.4 is 10.1 Å². The lowest BCUT2D eigenvalue weighted by atomic mass is 10.2. The summed E-state index contributed by atoms with van der Waals surface area (Å²) in [6.45, 7) is -0.100. The van der Waals surface area contributed by atoms with E-state index < -0.39 is 5.97 Å². The van der Waals surface area contributed by atoms with Crippen molar-refractivity contribution in [3.8, 4) is 17.1 Å². The summed E-state index contributed by atoms with van der Waals surface area (Å²) in [5, 5.41) is 22.6. The van der Waals surface area contributed by atoms with Gasteiger partial charge in [0.15, 0.2) is 6.61 Å². The molecule has 0 spiro atoms. The molecule has 1 amide bonds. The summed E-state index contributed by atoms with van der Waals surface area (Å²) in [6, 6.07) is 6.90. The molecule has 0 aliphatic carbocycles. The quantitative estimate of drug-likeness (QED) is 0.729. The Morgan fingerprint density at radius 2 is 2.05 bits per heavy atom. The molecule has 1 aromatic carbocycles. The van der Waals surface area contributed by atoms with Crippen LogP contribution in [0.25, 0.3) is 11.4 Å². The standard InChI is InChI=1S/C13H15N5O4/c1-18-16-13(15-17-18)9-2-4-10(5-3-9)22-8-11(19)14-7-6-12(20)21/h2-5H,6-8H2,1H3,(H,14,19)(H,20,21). The molecule has 0 aliphatic rings. The van der Waals surface area contributed by atoms with Gasteiger partial charge >= 0.3 is 5.97 Å². The Balaban J connectivity index is 1.81. The fraction of sp³-hybridized carbons (Fsp3) is 0.308. The number of carbonyl (C=O) groups is 2. The summed E-state index contributed by atoms with van der Waals surface area (Å²) in [4.78, 5) is 23.1. The molecule has 9 heteroatoms. The first-order chi connectivity index (χ1) is 10.5. The molecule has 0 atom stereocenters. The number of carboxylic acids is 1. The second-order valence-electron chi connectivity index (χ2n) is 4.41. The van der Waals surface area contributed by atoms with Crippen LogP contribution in [0, 0.1) is 0 Å². The maximum absolute atomic E-state index is 11.4. The number of hydrogen-bond acceptors (Lipinski definition) is 6. The largest absolute Gasteiger partial charge is 0.484 e. The Kier molecular flexibility index (Phi) is 5.02. The fourth-order valence-corrected chi connectivity index (χ4v) is 1.61. The number of aromatic nitrogens is 4. The van der Waals surface area contributed by atoms with Crippen molar-refractivity contribution in [2.75, 3.05) is 13.2 Å². The van der Waals surface area contributed by atoms with Crippen LogP contribution in [0.15, 0.2) is 24.3 Å². The highest BCUT2D eigenvalue weighted by atomic mass is 16.5. The molecule has 2 aromatic rings. The Labute approximate surface area is 125 Å². The lowest BCUT2D eigenvalue weighted by Crippen LogP contribution is -2.30. The van der Waals surface area contributed by atoms with Crippen LogP contribution in [0.4, 0.5) is 0 Å². The van der Waals surface area contributed by atoms with Gasteiger partial charge in [-0.05, 0) is 29.5 Å². The molecule has 0 saturated heterocycles. The van der Waals surface area contributed by atoms with E-state index in [1.165, 1.54) is 4.80 Å². The minimum Gasteiger partial charge on any atom is -0.484 e. The van der Waals surface area contributed by atoms with Crippen molar-refractivity contribution in [3.63, 3.8) is 0 Å². The number of benzene rings is 1. The molecular formula is C13H15N5O4. The molecule has 22 heavy (non-hydrogen) atoms. The van der Waals surface area contributed by atoms with Crippen molar-refractivity contribution in [1.29, 1.82) is 0 Å². The number of hydrogen-bond donors (Lipinski definition) is 2. The topological polar surface area (TPSA) is 119 Å². The van der Waals surface area contributed by atoms with Gasteiger partial charge in [-0.2, -0.15) is 4.80 Å². The van der Waals surface area contributed by atoms with Crippen molar-refractivity contribution in [2.24, 2.45) is 7.05 Å². The van der Waals surface area contributed by atoms with E-state index in [2.05, 4.69) is 20.7 Å². The van der Waals surface area contributed by atoms with Gasteiger partial charge in [-0.1, -0.05) is 0 Å². The van der Waals surface area contributed by atoms with Crippen molar-refractivity contribution in [3.05, 3.63) is 24.3 Å². The van der Waals surface area contributed by atoms with E-state index in [0.717, 1.165) is 5.56 Å².